The largest absolute Gasteiger partial charge is 0.482 e. The lowest BCUT2D eigenvalue weighted by molar-refractivity contribution is -0.136. The molecule has 0 spiro atoms. The minimum atomic E-state index is -0.405. The summed E-state index contributed by atoms with van der Waals surface area (Å²) in [4.78, 5) is 11.8. The van der Waals surface area contributed by atoms with E-state index in [1.807, 2.05) is 52.0 Å². The number of hydrogen-bond donors (Lipinski definition) is 0. The molecule has 0 saturated heterocycles. The predicted octanol–water partition coefficient (Wildman–Crippen LogP) is 3.90. The van der Waals surface area contributed by atoms with Gasteiger partial charge in [0, 0.05) is 0 Å². The number of aryl methyl sites for hydroxylation is 4. The molecule has 0 aliphatic carbocycles. The lowest BCUT2D eigenvalue weighted by atomic mass is 10.1. The normalized spacial score (nSPS) is 10.3. The summed E-state index contributed by atoms with van der Waals surface area (Å²) in [7, 11) is 0. The molecule has 0 bridgehead atoms. The number of carbonyl (C=O) groups is 1. The topological polar surface area (TPSA) is 35.5 Å². The molecule has 0 saturated carbocycles. The van der Waals surface area contributed by atoms with Gasteiger partial charge in [-0.3, -0.25) is 0 Å². The fourth-order valence-corrected chi connectivity index (χ4v) is 2.10. The summed E-state index contributed by atoms with van der Waals surface area (Å²) in [6.07, 6.45) is 0. The Balaban J connectivity index is 1.94. The van der Waals surface area contributed by atoms with Gasteiger partial charge >= 0.3 is 5.97 Å². The van der Waals surface area contributed by atoms with Crippen molar-refractivity contribution in [1.82, 2.24) is 0 Å². The van der Waals surface area contributed by atoms with Crippen LogP contribution in [0, 0.1) is 27.7 Å². The molecule has 0 unspecified atom stereocenters. The Labute approximate surface area is 125 Å². The fourth-order valence-electron chi connectivity index (χ4n) is 2.10. The molecule has 0 amide bonds. The van der Waals surface area contributed by atoms with Crippen molar-refractivity contribution >= 4 is 5.97 Å². The second-order valence-corrected chi connectivity index (χ2v) is 5.33. The standard InChI is InChI=1S/C18H20O3/c1-12-7-13(2)9-17(8-12)20-11-18(19)21-16-6-5-14(3)15(4)10-16/h5-10H,11H2,1-4H3. The van der Waals surface area contributed by atoms with Crippen LogP contribution in [0.25, 0.3) is 0 Å². The van der Waals surface area contributed by atoms with Gasteiger partial charge in [-0.2, -0.15) is 0 Å². The maximum Gasteiger partial charge on any atom is 0.349 e. The van der Waals surface area contributed by atoms with Crippen LogP contribution in [-0.4, -0.2) is 12.6 Å². The Morgan fingerprint density at radius 3 is 2.14 bits per heavy atom. The van der Waals surface area contributed by atoms with Gasteiger partial charge in [-0.15, -0.1) is 0 Å². The quantitative estimate of drug-likeness (QED) is 0.631. The summed E-state index contributed by atoms with van der Waals surface area (Å²) in [6.45, 7) is 7.89. The molecule has 0 atom stereocenters. The molecule has 110 valence electrons. The smallest absolute Gasteiger partial charge is 0.349 e. The van der Waals surface area contributed by atoms with Crippen LogP contribution in [0.4, 0.5) is 0 Å². The summed E-state index contributed by atoms with van der Waals surface area (Å²) >= 11 is 0. The van der Waals surface area contributed by atoms with Crippen molar-refractivity contribution in [3.05, 3.63) is 58.7 Å². The summed E-state index contributed by atoms with van der Waals surface area (Å²) in [5.74, 6) is 0.828. The number of hydrogen-bond acceptors (Lipinski definition) is 3. The number of ether oxygens (including phenoxy) is 2. The van der Waals surface area contributed by atoms with Crippen LogP contribution < -0.4 is 9.47 Å². The van der Waals surface area contributed by atoms with Gasteiger partial charge in [-0.25, -0.2) is 4.79 Å². The van der Waals surface area contributed by atoms with Crippen molar-refractivity contribution in [1.29, 1.82) is 0 Å². The predicted molar refractivity (Wildman–Crippen MR) is 83.0 cm³/mol. The summed E-state index contributed by atoms with van der Waals surface area (Å²) in [5.41, 5.74) is 4.47. The van der Waals surface area contributed by atoms with Gasteiger partial charge in [0.15, 0.2) is 6.61 Å². The van der Waals surface area contributed by atoms with Crippen molar-refractivity contribution in [2.75, 3.05) is 6.61 Å². The molecule has 2 aromatic rings. The van der Waals surface area contributed by atoms with Crippen LogP contribution in [0.1, 0.15) is 22.3 Å². The zero-order valence-electron chi connectivity index (χ0n) is 12.9. The Bertz CT molecular complexity index is 639. The van der Waals surface area contributed by atoms with E-state index in [0.717, 1.165) is 16.7 Å². The lowest BCUT2D eigenvalue weighted by Gasteiger charge is -2.09. The van der Waals surface area contributed by atoms with Crippen LogP contribution in [0.15, 0.2) is 36.4 Å². The van der Waals surface area contributed by atoms with E-state index in [9.17, 15) is 4.79 Å². The van der Waals surface area contributed by atoms with Crippen molar-refractivity contribution in [3.8, 4) is 11.5 Å². The Morgan fingerprint density at radius 1 is 0.857 bits per heavy atom. The Morgan fingerprint density at radius 2 is 1.52 bits per heavy atom. The SMILES string of the molecule is Cc1cc(C)cc(OCC(=O)Oc2ccc(C)c(C)c2)c1. The lowest BCUT2D eigenvalue weighted by Crippen LogP contribution is -2.17. The van der Waals surface area contributed by atoms with E-state index < -0.39 is 5.97 Å². The van der Waals surface area contributed by atoms with Crippen molar-refractivity contribution in [2.45, 2.75) is 27.7 Å². The molecule has 3 heteroatoms. The number of carbonyl (C=O) groups excluding carboxylic acids is 1. The average Bonchev–Trinajstić information content (AvgIpc) is 2.40. The first kappa shape index (κ1) is 15.1. The molecule has 0 radical (unpaired) electrons. The molecule has 0 fully saturated rings. The zero-order valence-corrected chi connectivity index (χ0v) is 12.9. The highest BCUT2D eigenvalue weighted by molar-refractivity contribution is 5.74. The molecule has 2 rings (SSSR count). The first-order chi connectivity index (χ1) is 9.94. The molecule has 0 aliphatic heterocycles. The van der Waals surface area contributed by atoms with Crippen LogP contribution in [0.2, 0.25) is 0 Å². The Kier molecular flexibility index (Phi) is 4.63. The Hall–Kier alpha value is -2.29. The van der Waals surface area contributed by atoms with Gasteiger partial charge in [-0.05, 0) is 74.2 Å². The maximum absolute atomic E-state index is 11.8. The van der Waals surface area contributed by atoms with Crippen LogP contribution in [0.3, 0.4) is 0 Å². The van der Waals surface area contributed by atoms with Gasteiger partial charge in [0.1, 0.15) is 11.5 Å². The molecule has 0 N–H and O–H groups in total. The minimum Gasteiger partial charge on any atom is -0.482 e. The van der Waals surface area contributed by atoms with Gasteiger partial charge < -0.3 is 9.47 Å². The van der Waals surface area contributed by atoms with Gasteiger partial charge in [-0.1, -0.05) is 12.1 Å². The minimum absolute atomic E-state index is 0.101. The molecule has 0 aromatic heterocycles. The van der Waals surface area contributed by atoms with Crippen LogP contribution in [0.5, 0.6) is 11.5 Å². The van der Waals surface area contributed by atoms with Crippen LogP contribution in [-0.2, 0) is 4.79 Å². The molecule has 2 aromatic carbocycles. The summed E-state index contributed by atoms with van der Waals surface area (Å²) < 4.78 is 10.7. The second-order valence-electron chi connectivity index (χ2n) is 5.33. The van der Waals surface area contributed by atoms with Gasteiger partial charge in [0.25, 0.3) is 0 Å². The summed E-state index contributed by atoms with van der Waals surface area (Å²) in [6, 6.07) is 11.4. The second kappa shape index (κ2) is 6.44. The first-order valence-corrected chi connectivity index (χ1v) is 6.93. The highest BCUT2D eigenvalue weighted by Gasteiger charge is 2.07. The molecule has 21 heavy (non-hydrogen) atoms. The molecule has 3 nitrogen and oxygen atoms in total. The highest BCUT2D eigenvalue weighted by atomic mass is 16.6. The number of benzene rings is 2. The van der Waals surface area contributed by atoms with Crippen molar-refractivity contribution < 1.29 is 14.3 Å². The third-order valence-electron chi connectivity index (χ3n) is 3.26. The summed E-state index contributed by atoms with van der Waals surface area (Å²) in [5, 5.41) is 0. The van der Waals surface area contributed by atoms with Crippen molar-refractivity contribution in [3.63, 3.8) is 0 Å². The maximum atomic E-state index is 11.8. The highest BCUT2D eigenvalue weighted by Crippen LogP contribution is 2.18. The molecular weight excluding hydrogens is 264 g/mol. The van der Waals surface area contributed by atoms with E-state index in [1.54, 1.807) is 6.07 Å². The van der Waals surface area contributed by atoms with E-state index in [0.29, 0.717) is 11.5 Å². The monoisotopic (exact) mass is 284 g/mol. The number of rotatable bonds is 4. The molecule has 0 aliphatic rings. The number of esters is 1. The van der Waals surface area contributed by atoms with E-state index in [-0.39, 0.29) is 6.61 Å². The van der Waals surface area contributed by atoms with Crippen LogP contribution >= 0.6 is 0 Å². The third kappa shape index (κ3) is 4.35. The average molecular weight is 284 g/mol. The third-order valence-corrected chi connectivity index (χ3v) is 3.26. The fraction of sp³-hybridized carbons (Fsp3) is 0.278. The van der Waals surface area contributed by atoms with Gasteiger partial charge in [0.05, 0.1) is 0 Å². The van der Waals surface area contributed by atoms with E-state index in [2.05, 4.69) is 6.07 Å². The van der Waals surface area contributed by atoms with Crippen molar-refractivity contribution in [2.24, 2.45) is 0 Å². The first-order valence-electron chi connectivity index (χ1n) is 6.93. The van der Waals surface area contributed by atoms with Gasteiger partial charge in [0.2, 0.25) is 0 Å². The zero-order chi connectivity index (χ0) is 15.4. The molecule has 0 heterocycles. The van der Waals surface area contributed by atoms with E-state index in [1.165, 1.54) is 5.56 Å². The van der Waals surface area contributed by atoms with E-state index >= 15 is 0 Å². The van der Waals surface area contributed by atoms with E-state index in [4.69, 9.17) is 9.47 Å². The molecular formula is C18H20O3.